The second-order valence-corrected chi connectivity index (χ2v) is 5.88. The third-order valence-corrected chi connectivity index (χ3v) is 4.77. The summed E-state index contributed by atoms with van der Waals surface area (Å²) in [5.41, 5.74) is 2.13. The van der Waals surface area contributed by atoms with Crippen molar-refractivity contribution in [2.75, 3.05) is 0 Å². The summed E-state index contributed by atoms with van der Waals surface area (Å²) >= 11 is 0. The van der Waals surface area contributed by atoms with Gasteiger partial charge in [0.1, 0.15) is 0 Å². The summed E-state index contributed by atoms with van der Waals surface area (Å²) < 4.78 is 0. The quantitative estimate of drug-likeness (QED) is 0.793. The van der Waals surface area contributed by atoms with Crippen LogP contribution in [-0.4, -0.2) is 11.9 Å². The van der Waals surface area contributed by atoms with Crippen LogP contribution in [0.3, 0.4) is 0 Å². The lowest BCUT2D eigenvalue weighted by Gasteiger charge is -2.40. The van der Waals surface area contributed by atoms with Gasteiger partial charge in [-0.1, -0.05) is 54.6 Å². The van der Waals surface area contributed by atoms with Crippen LogP contribution in [0, 0.1) is 0 Å². The molecule has 2 N–H and O–H groups in total. The Morgan fingerprint density at radius 1 is 0.955 bits per heavy atom. The minimum absolute atomic E-state index is 0.0601. The van der Waals surface area contributed by atoms with E-state index in [1.54, 1.807) is 0 Å². The Morgan fingerprint density at radius 3 is 2.41 bits per heavy atom. The van der Waals surface area contributed by atoms with E-state index in [2.05, 4.69) is 10.6 Å². The van der Waals surface area contributed by atoms with E-state index in [0.29, 0.717) is 0 Å². The molecule has 0 saturated carbocycles. The van der Waals surface area contributed by atoms with E-state index in [4.69, 9.17) is 0 Å². The van der Waals surface area contributed by atoms with Crippen LogP contribution in [0.15, 0.2) is 54.6 Å². The van der Waals surface area contributed by atoms with Gasteiger partial charge in [-0.3, -0.25) is 10.1 Å². The molecule has 1 fully saturated rings. The number of carbonyl (C=O) groups is 2. The number of urea groups is 1. The first-order valence-corrected chi connectivity index (χ1v) is 7.49. The van der Waals surface area contributed by atoms with E-state index in [0.717, 1.165) is 29.5 Å². The topological polar surface area (TPSA) is 58.2 Å². The molecule has 4 heteroatoms. The van der Waals surface area contributed by atoms with Crippen molar-refractivity contribution < 1.29 is 9.59 Å². The second-order valence-electron chi connectivity index (χ2n) is 5.88. The molecule has 1 spiro atoms. The molecule has 22 heavy (non-hydrogen) atoms. The summed E-state index contributed by atoms with van der Waals surface area (Å²) in [7, 11) is 0. The van der Waals surface area contributed by atoms with Gasteiger partial charge in [0, 0.05) is 5.92 Å². The van der Waals surface area contributed by atoms with Crippen LogP contribution in [0.4, 0.5) is 4.79 Å². The predicted molar refractivity (Wildman–Crippen MR) is 82.3 cm³/mol. The number of rotatable bonds is 1. The van der Waals surface area contributed by atoms with E-state index in [1.807, 2.05) is 54.6 Å². The SMILES string of the molecule is O=C1NC(=O)C2(N1)c1ccccc1CCC2c1ccccc1. The highest BCUT2D eigenvalue weighted by Crippen LogP contribution is 2.47. The minimum Gasteiger partial charge on any atom is -0.319 e. The first kappa shape index (κ1) is 13.1. The highest BCUT2D eigenvalue weighted by Gasteiger charge is 2.55. The van der Waals surface area contributed by atoms with Gasteiger partial charge >= 0.3 is 6.03 Å². The van der Waals surface area contributed by atoms with Crippen molar-refractivity contribution in [1.29, 1.82) is 0 Å². The number of benzene rings is 2. The van der Waals surface area contributed by atoms with Crippen molar-refractivity contribution >= 4 is 11.9 Å². The van der Waals surface area contributed by atoms with E-state index >= 15 is 0 Å². The van der Waals surface area contributed by atoms with Gasteiger partial charge in [0.2, 0.25) is 0 Å². The van der Waals surface area contributed by atoms with Crippen LogP contribution < -0.4 is 10.6 Å². The molecule has 1 aliphatic carbocycles. The highest BCUT2D eigenvalue weighted by molar-refractivity contribution is 6.08. The lowest BCUT2D eigenvalue weighted by Crippen LogP contribution is -2.51. The molecule has 2 aliphatic rings. The number of fused-ring (bicyclic) bond motifs is 2. The van der Waals surface area contributed by atoms with Crippen molar-refractivity contribution in [3.63, 3.8) is 0 Å². The van der Waals surface area contributed by atoms with Gasteiger partial charge in [-0.2, -0.15) is 0 Å². The summed E-state index contributed by atoms with van der Waals surface area (Å²) in [6, 6.07) is 17.4. The fourth-order valence-electron chi connectivity index (χ4n) is 3.83. The Balaban J connectivity index is 1.94. The molecule has 1 aliphatic heterocycles. The molecule has 0 radical (unpaired) electrons. The first-order chi connectivity index (χ1) is 10.7. The molecule has 0 bridgehead atoms. The van der Waals surface area contributed by atoms with Gasteiger partial charge < -0.3 is 5.32 Å². The van der Waals surface area contributed by atoms with Crippen LogP contribution in [-0.2, 0) is 16.8 Å². The number of nitrogens with one attached hydrogen (secondary N) is 2. The fraction of sp³-hybridized carbons (Fsp3) is 0.222. The monoisotopic (exact) mass is 292 g/mol. The second kappa shape index (κ2) is 4.70. The van der Waals surface area contributed by atoms with Crippen LogP contribution in [0.5, 0.6) is 0 Å². The highest BCUT2D eigenvalue weighted by atomic mass is 16.2. The van der Waals surface area contributed by atoms with E-state index in [9.17, 15) is 9.59 Å². The van der Waals surface area contributed by atoms with E-state index < -0.39 is 11.6 Å². The van der Waals surface area contributed by atoms with Crippen molar-refractivity contribution in [2.24, 2.45) is 0 Å². The average Bonchev–Trinajstić information content (AvgIpc) is 2.84. The number of hydrogen-bond acceptors (Lipinski definition) is 2. The Morgan fingerprint density at radius 2 is 1.68 bits per heavy atom. The molecule has 1 heterocycles. The molecule has 0 aromatic heterocycles. The van der Waals surface area contributed by atoms with Crippen molar-refractivity contribution in [2.45, 2.75) is 24.3 Å². The van der Waals surface area contributed by atoms with Crippen molar-refractivity contribution in [1.82, 2.24) is 10.6 Å². The molecule has 4 nitrogen and oxygen atoms in total. The molecule has 2 aromatic rings. The first-order valence-electron chi connectivity index (χ1n) is 7.49. The summed E-state index contributed by atoms with van der Waals surface area (Å²) in [5.74, 6) is -0.312. The molecule has 4 rings (SSSR count). The summed E-state index contributed by atoms with van der Waals surface area (Å²) in [4.78, 5) is 24.6. The number of aryl methyl sites for hydroxylation is 1. The zero-order valence-corrected chi connectivity index (χ0v) is 12.0. The van der Waals surface area contributed by atoms with E-state index in [1.165, 1.54) is 0 Å². The maximum absolute atomic E-state index is 12.7. The predicted octanol–water partition coefficient (Wildman–Crippen LogP) is 2.45. The van der Waals surface area contributed by atoms with Crippen molar-refractivity contribution in [3.05, 3.63) is 71.3 Å². The van der Waals surface area contributed by atoms with Gasteiger partial charge in [0.15, 0.2) is 5.54 Å². The minimum atomic E-state index is -0.993. The lowest BCUT2D eigenvalue weighted by molar-refractivity contribution is -0.125. The molecular formula is C18H16N2O2. The van der Waals surface area contributed by atoms with Gasteiger partial charge in [0.05, 0.1) is 0 Å². The maximum Gasteiger partial charge on any atom is 0.322 e. The van der Waals surface area contributed by atoms with Gasteiger partial charge in [-0.25, -0.2) is 4.79 Å². The number of amides is 3. The number of imide groups is 1. The molecule has 1 saturated heterocycles. The standard InChI is InChI=1S/C18H16N2O2/c21-16-18(20-17(22)19-16)14-9-5-4-8-13(14)10-11-15(18)12-6-2-1-3-7-12/h1-9,15H,10-11H2,(H2,19,20,21,22). The summed E-state index contributed by atoms with van der Waals surface area (Å²) in [5, 5.41) is 5.35. The normalized spacial score (nSPS) is 26.5. The average molecular weight is 292 g/mol. The zero-order chi connectivity index (χ0) is 15.2. The third kappa shape index (κ3) is 1.70. The maximum atomic E-state index is 12.7. The van der Waals surface area contributed by atoms with Gasteiger partial charge in [-0.05, 0) is 29.5 Å². The lowest BCUT2D eigenvalue weighted by atomic mass is 9.66. The summed E-state index contributed by atoms with van der Waals surface area (Å²) in [6.07, 6.45) is 1.73. The number of carbonyl (C=O) groups excluding carboxylic acids is 2. The molecular weight excluding hydrogens is 276 g/mol. The molecule has 2 unspecified atom stereocenters. The van der Waals surface area contributed by atoms with Gasteiger partial charge in [-0.15, -0.1) is 0 Å². The molecule has 2 atom stereocenters. The summed E-state index contributed by atoms with van der Waals surface area (Å²) in [6.45, 7) is 0. The molecule has 2 aromatic carbocycles. The smallest absolute Gasteiger partial charge is 0.319 e. The molecule has 3 amide bonds. The third-order valence-electron chi connectivity index (χ3n) is 4.77. The Bertz CT molecular complexity index is 757. The van der Waals surface area contributed by atoms with Crippen LogP contribution in [0.25, 0.3) is 0 Å². The Labute approximate surface area is 128 Å². The van der Waals surface area contributed by atoms with Crippen LogP contribution >= 0.6 is 0 Å². The van der Waals surface area contributed by atoms with Crippen molar-refractivity contribution in [3.8, 4) is 0 Å². The zero-order valence-electron chi connectivity index (χ0n) is 12.0. The fourth-order valence-corrected chi connectivity index (χ4v) is 3.83. The largest absolute Gasteiger partial charge is 0.322 e. The number of hydrogen-bond donors (Lipinski definition) is 2. The van der Waals surface area contributed by atoms with Crippen LogP contribution in [0.2, 0.25) is 0 Å². The Hall–Kier alpha value is -2.62. The Kier molecular flexibility index (Phi) is 2.79. The van der Waals surface area contributed by atoms with Crippen LogP contribution in [0.1, 0.15) is 29.0 Å². The van der Waals surface area contributed by atoms with Gasteiger partial charge in [0.25, 0.3) is 5.91 Å². The molecule has 110 valence electrons. The van der Waals surface area contributed by atoms with E-state index in [-0.39, 0.29) is 11.8 Å².